The van der Waals surface area contributed by atoms with E-state index < -0.39 is 0 Å². The number of ether oxygens (including phenoxy) is 9. The molecule has 0 radical (unpaired) electrons. The quantitative estimate of drug-likeness (QED) is 0.0751. The highest BCUT2D eigenvalue weighted by molar-refractivity contribution is 6.12. The van der Waals surface area contributed by atoms with E-state index in [0.29, 0.717) is 112 Å². The van der Waals surface area contributed by atoms with E-state index in [-0.39, 0.29) is 25.0 Å². The molecular formula is C25H41NO11. The average Bonchev–Trinajstić information content (AvgIpc) is 3.22. The van der Waals surface area contributed by atoms with E-state index >= 15 is 0 Å². The van der Waals surface area contributed by atoms with Gasteiger partial charge >= 0.3 is 0 Å². The van der Waals surface area contributed by atoms with E-state index in [9.17, 15) is 9.59 Å². The van der Waals surface area contributed by atoms with E-state index in [1.807, 2.05) is 0 Å². The summed E-state index contributed by atoms with van der Waals surface area (Å²) >= 11 is 0. The lowest BCUT2D eigenvalue weighted by molar-refractivity contribution is -0.137. The predicted octanol–water partition coefficient (Wildman–Crippen LogP) is -0.306. The number of nitrogens with zero attached hydrogens (tertiary/aromatic N) is 1. The molecule has 1 aliphatic heterocycles. The largest absolute Gasteiger partial charge is 0.377 e. The number of hydrogen-bond donors (Lipinski definition) is 0. The molecule has 0 bridgehead atoms. The second-order valence-corrected chi connectivity index (χ2v) is 7.32. The summed E-state index contributed by atoms with van der Waals surface area (Å²) in [5, 5.41) is 0. The van der Waals surface area contributed by atoms with Crippen LogP contribution in [0.25, 0.3) is 0 Å². The number of carbonyl (C=O) groups is 2. The molecule has 2 amide bonds. The van der Waals surface area contributed by atoms with Crippen molar-refractivity contribution in [2.24, 2.45) is 0 Å². The maximum absolute atomic E-state index is 11.4. The third-order valence-electron chi connectivity index (χ3n) is 4.52. The molecule has 0 saturated heterocycles. The van der Waals surface area contributed by atoms with Crippen molar-refractivity contribution in [2.45, 2.75) is 0 Å². The van der Waals surface area contributed by atoms with Gasteiger partial charge in [-0.3, -0.25) is 14.5 Å². The fraction of sp³-hybridized carbons (Fsp3) is 0.760. The molecule has 0 aromatic heterocycles. The van der Waals surface area contributed by atoms with Crippen LogP contribution in [0.4, 0.5) is 0 Å². The minimum absolute atomic E-state index is 0.242. The third kappa shape index (κ3) is 20.8. The van der Waals surface area contributed by atoms with Crippen LogP contribution in [0.1, 0.15) is 0 Å². The molecule has 1 heterocycles. The molecule has 0 N–H and O–H groups in total. The van der Waals surface area contributed by atoms with Crippen LogP contribution in [-0.2, 0) is 52.2 Å². The molecule has 0 aliphatic carbocycles. The van der Waals surface area contributed by atoms with Crippen molar-refractivity contribution in [3.63, 3.8) is 0 Å². The normalized spacial score (nSPS) is 13.1. The minimum Gasteiger partial charge on any atom is -0.377 e. The second-order valence-electron chi connectivity index (χ2n) is 7.32. The Balaban J connectivity index is 1.65. The van der Waals surface area contributed by atoms with Gasteiger partial charge in [0.15, 0.2) is 0 Å². The minimum atomic E-state index is -0.306. The van der Waals surface area contributed by atoms with Gasteiger partial charge in [-0.2, -0.15) is 0 Å². The number of terminal acetylenes is 1. The third-order valence-corrected chi connectivity index (χ3v) is 4.52. The van der Waals surface area contributed by atoms with Gasteiger partial charge in [-0.15, -0.1) is 6.42 Å². The highest BCUT2D eigenvalue weighted by atomic mass is 16.6. The summed E-state index contributed by atoms with van der Waals surface area (Å²) in [5.41, 5.74) is 0. The van der Waals surface area contributed by atoms with Crippen LogP contribution in [0, 0.1) is 12.3 Å². The van der Waals surface area contributed by atoms with Gasteiger partial charge in [0.05, 0.1) is 119 Å². The van der Waals surface area contributed by atoms with Gasteiger partial charge < -0.3 is 42.6 Å². The van der Waals surface area contributed by atoms with Gasteiger partial charge in [-0.1, -0.05) is 5.92 Å². The number of hydrogen-bond acceptors (Lipinski definition) is 11. The Morgan fingerprint density at radius 1 is 0.486 bits per heavy atom. The lowest BCUT2D eigenvalue weighted by Gasteiger charge is -2.13. The van der Waals surface area contributed by atoms with E-state index in [4.69, 9.17) is 49.1 Å². The zero-order chi connectivity index (χ0) is 26.7. The maximum atomic E-state index is 11.4. The molecule has 0 aromatic carbocycles. The molecule has 12 heteroatoms. The molecule has 37 heavy (non-hydrogen) atoms. The van der Waals surface area contributed by atoms with E-state index in [1.165, 1.54) is 12.2 Å². The maximum Gasteiger partial charge on any atom is 0.253 e. The van der Waals surface area contributed by atoms with Gasteiger partial charge in [0.2, 0.25) is 0 Å². The van der Waals surface area contributed by atoms with Crippen LogP contribution in [0.2, 0.25) is 0 Å². The first-order chi connectivity index (χ1) is 18.3. The Labute approximate surface area is 219 Å². The molecule has 0 atom stereocenters. The number of carbonyl (C=O) groups excluding carboxylic acids is 2. The summed E-state index contributed by atoms with van der Waals surface area (Å²) in [4.78, 5) is 23.9. The molecule has 0 spiro atoms. The Kier molecular flexibility index (Phi) is 23.0. The van der Waals surface area contributed by atoms with Crippen LogP contribution in [0.5, 0.6) is 0 Å². The average molecular weight is 532 g/mol. The predicted molar refractivity (Wildman–Crippen MR) is 132 cm³/mol. The van der Waals surface area contributed by atoms with Crippen LogP contribution in [0.3, 0.4) is 0 Å². The molecule has 1 rings (SSSR count). The van der Waals surface area contributed by atoms with Crippen molar-refractivity contribution >= 4 is 11.8 Å². The summed E-state index contributed by atoms with van der Waals surface area (Å²) in [6.45, 7) is 8.43. The Morgan fingerprint density at radius 3 is 1.05 bits per heavy atom. The Bertz CT molecular complexity index is 621. The fourth-order valence-corrected chi connectivity index (χ4v) is 2.70. The highest BCUT2D eigenvalue weighted by Crippen LogP contribution is 2.02. The van der Waals surface area contributed by atoms with Crippen molar-refractivity contribution in [3.8, 4) is 12.3 Å². The molecule has 0 saturated carbocycles. The summed E-state index contributed by atoms with van der Waals surface area (Å²) in [6, 6.07) is 0. The standard InChI is InChI=1S/C25H41NO11/c1-2-6-29-8-10-31-12-14-33-16-18-35-20-22-37-23-21-36-19-17-34-15-13-32-11-9-30-7-5-26-24(27)3-4-25(26)28/h1,3-4H,5-23H2. The van der Waals surface area contributed by atoms with E-state index in [0.717, 1.165) is 4.90 Å². The first kappa shape index (κ1) is 33.1. The molecule has 0 unspecified atom stereocenters. The summed E-state index contributed by atoms with van der Waals surface area (Å²) in [6.07, 6.45) is 7.57. The SMILES string of the molecule is C#CCOCCOCCOCCOCCOCCOCCOCCOCCOCCN1C(=O)C=CC1=O. The first-order valence-corrected chi connectivity index (χ1v) is 12.4. The van der Waals surface area contributed by atoms with Crippen molar-refractivity contribution in [2.75, 3.05) is 125 Å². The van der Waals surface area contributed by atoms with Crippen molar-refractivity contribution in [1.82, 2.24) is 4.90 Å². The smallest absolute Gasteiger partial charge is 0.253 e. The van der Waals surface area contributed by atoms with Gasteiger partial charge in [-0.05, 0) is 0 Å². The van der Waals surface area contributed by atoms with Crippen LogP contribution < -0.4 is 0 Å². The van der Waals surface area contributed by atoms with Gasteiger partial charge in [0.25, 0.3) is 11.8 Å². The van der Waals surface area contributed by atoms with Gasteiger partial charge in [0.1, 0.15) is 6.61 Å². The number of rotatable bonds is 28. The van der Waals surface area contributed by atoms with Gasteiger partial charge in [0, 0.05) is 12.2 Å². The Morgan fingerprint density at radius 2 is 0.757 bits per heavy atom. The number of imide groups is 1. The molecule has 0 aromatic rings. The lowest BCUT2D eigenvalue weighted by atomic mass is 10.5. The topological polar surface area (TPSA) is 120 Å². The lowest BCUT2D eigenvalue weighted by Crippen LogP contribution is -2.33. The summed E-state index contributed by atoms with van der Waals surface area (Å²) in [5.74, 6) is 1.78. The van der Waals surface area contributed by atoms with E-state index in [1.54, 1.807) is 0 Å². The van der Waals surface area contributed by atoms with Crippen LogP contribution in [0.15, 0.2) is 12.2 Å². The van der Waals surface area contributed by atoms with Crippen LogP contribution >= 0.6 is 0 Å². The van der Waals surface area contributed by atoms with Crippen LogP contribution in [-0.4, -0.2) is 142 Å². The molecule has 12 nitrogen and oxygen atoms in total. The second kappa shape index (κ2) is 25.7. The number of amides is 2. The van der Waals surface area contributed by atoms with Crippen molar-refractivity contribution in [3.05, 3.63) is 12.2 Å². The molecule has 0 fully saturated rings. The molecule has 1 aliphatic rings. The molecule has 212 valence electrons. The van der Waals surface area contributed by atoms with Crippen molar-refractivity contribution in [1.29, 1.82) is 0 Å². The molecular weight excluding hydrogens is 490 g/mol. The Hall–Kier alpha value is -1.92. The monoisotopic (exact) mass is 531 g/mol. The fourth-order valence-electron chi connectivity index (χ4n) is 2.70. The summed E-state index contributed by atoms with van der Waals surface area (Å²) in [7, 11) is 0. The highest BCUT2D eigenvalue weighted by Gasteiger charge is 2.22. The zero-order valence-corrected chi connectivity index (χ0v) is 21.6. The summed E-state index contributed by atoms with van der Waals surface area (Å²) < 4.78 is 48.2. The van der Waals surface area contributed by atoms with E-state index in [2.05, 4.69) is 5.92 Å². The van der Waals surface area contributed by atoms with Crippen molar-refractivity contribution < 1.29 is 52.2 Å². The van der Waals surface area contributed by atoms with Gasteiger partial charge in [-0.25, -0.2) is 0 Å². The first-order valence-electron chi connectivity index (χ1n) is 12.4. The zero-order valence-electron chi connectivity index (χ0n) is 21.6.